The SMILES string of the molecule is CCCN(CCC)S(=O)(=O)c1c(C)nn(CC(=O)Nc2cccc(C#N)c2)c1C. The van der Waals surface area contributed by atoms with E-state index in [0.717, 1.165) is 12.8 Å². The molecule has 29 heavy (non-hydrogen) atoms. The summed E-state index contributed by atoms with van der Waals surface area (Å²) in [5.74, 6) is -0.353. The number of rotatable bonds is 9. The third kappa shape index (κ3) is 5.22. The van der Waals surface area contributed by atoms with Crippen LogP contribution in [0.1, 0.15) is 43.6 Å². The van der Waals surface area contributed by atoms with Gasteiger partial charge >= 0.3 is 0 Å². The van der Waals surface area contributed by atoms with Crippen LogP contribution in [-0.2, 0) is 21.4 Å². The lowest BCUT2D eigenvalue weighted by Crippen LogP contribution is -2.33. The van der Waals surface area contributed by atoms with E-state index in [2.05, 4.69) is 10.4 Å². The Morgan fingerprint density at radius 3 is 2.48 bits per heavy atom. The Labute approximate surface area is 172 Å². The molecule has 156 valence electrons. The zero-order valence-corrected chi connectivity index (χ0v) is 18.1. The first-order valence-corrected chi connectivity index (χ1v) is 11.0. The van der Waals surface area contributed by atoms with E-state index < -0.39 is 10.0 Å². The van der Waals surface area contributed by atoms with Gasteiger partial charge in [0.05, 0.1) is 23.0 Å². The molecule has 1 amide bonds. The van der Waals surface area contributed by atoms with Gasteiger partial charge in [-0.25, -0.2) is 8.42 Å². The number of amides is 1. The zero-order valence-electron chi connectivity index (χ0n) is 17.3. The van der Waals surface area contributed by atoms with Crippen LogP contribution >= 0.6 is 0 Å². The van der Waals surface area contributed by atoms with Crippen LogP contribution < -0.4 is 5.32 Å². The summed E-state index contributed by atoms with van der Waals surface area (Å²) in [7, 11) is -3.69. The number of aryl methyl sites for hydroxylation is 1. The smallest absolute Gasteiger partial charge is 0.246 e. The van der Waals surface area contributed by atoms with Gasteiger partial charge in [0.25, 0.3) is 0 Å². The first-order chi connectivity index (χ1) is 13.7. The lowest BCUT2D eigenvalue weighted by molar-refractivity contribution is -0.116. The van der Waals surface area contributed by atoms with Crippen molar-refractivity contribution in [3.8, 4) is 6.07 Å². The fraction of sp³-hybridized carbons (Fsp3) is 0.450. The fourth-order valence-electron chi connectivity index (χ4n) is 3.19. The molecule has 1 aromatic carbocycles. The van der Waals surface area contributed by atoms with Crippen molar-refractivity contribution in [3.05, 3.63) is 41.2 Å². The highest BCUT2D eigenvalue weighted by Gasteiger charge is 2.30. The number of sulfonamides is 1. The van der Waals surface area contributed by atoms with Gasteiger partial charge in [-0.05, 0) is 44.9 Å². The van der Waals surface area contributed by atoms with Gasteiger partial charge in [0.1, 0.15) is 11.4 Å². The molecule has 0 saturated heterocycles. The first-order valence-electron chi connectivity index (χ1n) is 9.58. The predicted molar refractivity (Wildman–Crippen MR) is 111 cm³/mol. The summed E-state index contributed by atoms with van der Waals surface area (Å²) in [6, 6.07) is 8.60. The monoisotopic (exact) mass is 417 g/mol. The summed E-state index contributed by atoms with van der Waals surface area (Å²) in [6.07, 6.45) is 1.44. The highest BCUT2D eigenvalue weighted by molar-refractivity contribution is 7.89. The number of nitrogens with zero attached hydrogens (tertiary/aromatic N) is 4. The van der Waals surface area contributed by atoms with Crippen molar-refractivity contribution < 1.29 is 13.2 Å². The first kappa shape index (κ1) is 22.6. The quantitative estimate of drug-likeness (QED) is 0.675. The summed E-state index contributed by atoms with van der Waals surface area (Å²) in [4.78, 5) is 12.6. The Morgan fingerprint density at radius 1 is 1.24 bits per heavy atom. The number of aromatic nitrogens is 2. The lowest BCUT2D eigenvalue weighted by atomic mass is 10.2. The maximum atomic E-state index is 13.2. The fourth-order valence-corrected chi connectivity index (χ4v) is 5.19. The topological polar surface area (TPSA) is 108 Å². The normalized spacial score (nSPS) is 11.4. The van der Waals surface area contributed by atoms with Crippen LogP contribution in [0.4, 0.5) is 5.69 Å². The second kappa shape index (κ2) is 9.67. The van der Waals surface area contributed by atoms with Crippen molar-refractivity contribution in [1.82, 2.24) is 14.1 Å². The molecule has 0 aliphatic heterocycles. The van der Waals surface area contributed by atoms with E-state index in [9.17, 15) is 13.2 Å². The van der Waals surface area contributed by atoms with Crippen LogP contribution in [0.5, 0.6) is 0 Å². The number of benzene rings is 1. The Bertz CT molecular complexity index is 1020. The largest absolute Gasteiger partial charge is 0.324 e. The number of hydrogen-bond acceptors (Lipinski definition) is 5. The summed E-state index contributed by atoms with van der Waals surface area (Å²) in [5.41, 5.74) is 1.74. The van der Waals surface area contributed by atoms with Gasteiger partial charge in [-0.2, -0.15) is 14.7 Å². The molecule has 2 rings (SSSR count). The molecule has 0 saturated carbocycles. The van der Waals surface area contributed by atoms with Crippen LogP contribution in [0.25, 0.3) is 0 Å². The minimum absolute atomic E-state index is 0.124. The Kier molecular flexibility index (Phi) is 7.53. The van der Waals surface area contributed by atoms with Crippen molar-refractivity contribution in [2.45, 2.75) is 52.0 Å². The molecule has 0 aliphatic rings. The molecule has 0 unspecified atom stereocenters. The summed E-state index contributed by atoms with van der Waals surface area (Å²) in [5, 5.41) is 16.0. The molecule has 2 aromatic rings. The van der Waals surface area contributed by atoms with Crippen molar-refractivity contribution >= 4 is 21.6 Å². The highest BCUT2D eigenvalue weighted by atomic mass is 32.2. The molecular weight excluding hydrogens is 390 g/mol. The van der Waals surface area contributed by atoms with Crippen molar-refractivity contribution in [2.75, 3.05) is 18.4 Å². The van der Waals surface area contributed by atoms with E-state index in [1.54, 1.807) is 38.1 Å². The van der Waals surface area contributed by atoms with Crippen LogP contribution in [0.3, 0.4) is 0 Å². The Balaban J connectivity index is 2.26. The molecule has 0 atom stereocenters. The number of carbonyl (C=O) groups excluding carboxylic acids is 1. The minimum atomic E-state index is -3.69. The van der Waals surface area contributed by atoms with Gasteiger partial charge in [0, 0.05) is 18.8 Å². The number of anilines is 1. The molecule has 0 bridgehead atoms. The molecule has 0 fully saturated rings. The minimum Gasteiger partial charge on any atom is -0.324 e. The maximum Gasteiger partial charge on any atom is 0.246 e. The van der Waals surface area contributed by atoms with Crippen molar-refractivity contribution in [3.63, 3.8) is 0 Å². The van der Waals surface area contributed by atoms with E-state index in [-0.39, 0.29) is 17.3 Å². The van der Waals surface area contributed by atoms with E-state index in [1.807, 2.05) is 19.9 Å². The van der Waals surface area contributed by atoms with Gasteiger partial charge in [-0.15, -0.1) is 0 Å². The summed E-state index contributed by atoms with van der Waals surface area (Å²) in [6.45, 7) is 7.93. The third-order valence-corrected chi connectivity index (χ3v) is 6.58. The zero-order chi connectivity index (χ0) is 21.6. The second-order valence-electron chi connectivity index (χ2n) is 6.80. The van der Waals surface area contributed by atoms with Gasteiger partial charge in [-0.3, -0.25) is 9.48 Å². The number of hydrogen-bond donors (Lipinski definition) is 1. The van der Waals surface area contributed by atoms with Crippen LogP contribution in [0, 0.1) is 25.2 Å². The molecule has 9 heteroatoms. The molecule has 1 aromatic heterocycles. The van der Waals surface area contributed by atoms with Gasteiger partial charge in [-0.1, -0.05) is 19.9 Å². The Hall–Kier alpha value is -2.70. The number of carbonyl (C=O) groups is 1. The molecule has 0 aliphatic carbocycles. The second-order valence-corrected chi connectivity index (χ2v) is 8.68. The average Bonchev–Trinajstić information content (AvgIpc) is 2.95. The molecule has 8 nitrogen and oxygen atoms in total. The van der Waals surface area contributed by atoms with E-state index in [0.29, 0.717) is 35.7 Å². The van der Waals surface area contributed by atoms with Gasteiger partial charge < -0.3 is 5.32 Å². The molecule has 1 heterocycles. The van der Waals surface area contributed by atoms with E-state index in [1.165, 1.54) is 8.99 Å². The maximum absolute atomic E-state index is 13.2. The van der Waals surface area contributed by atoms with Crippen LogP contribution in [-0.4, -0.2) is 41.5 Å². The summed E-state index contributed by atoms with van der Waals surface area (Å²) >= 11 is 0. The van der Waals surface area contributed by atoms with Crippen molar-refractivity contribution in [2.24, 2.45) is 0 Å². The Morgan fingerprint density at radius 2 is 1.90 bits per heavy atom. The third-order valence-electron chi connectivity index (χ3n) is 4.43. The highest BCUT2D eigenvalue weighted by Crippen LogP contribution is 2.24. The average molecular weight is 418 g/mol. The number of nitrogens with one attached hydrogen (secondary N) is 1. The predicted octanol–water partition coefficient (Wildman–Crippen LogP) is 2.82. The van der Waals surface area contributed by atoms with Gasteiger partial charge in [0.15, 0.2) is 0 Å². The lowest BCUT2D eigenvalue weighted by Gasteiger charge is -2.21. The standard InChI is InChI=1S/C20H27N5O3S/c1-5-10-24(11-6-2)29(27,28)20-15(3)23-25(16(20)4)14-19(26)22-18-9-7-8-17(12-18)13-21/h7-9,12H,5-6,10-11,14H2,1-4H3,(H,22,26). The summed E-state index contributed by atoms with van der Waals surface area (Å²) < 4.78 is 29.2. The van der Waals surface area contributed by atoms with Crippen LogP contribution in [0.15, 0.2) is 29.2 Å². The van der Waals surface area contributed by atoms with Gasteiger partial charge in [0.2, 0.25) is 15.9 Å². The molecule has 0 radical (unpaired) electrons. The van der Waals surface area contributed by atoms with E-state index in [4.69, 9.17) is 5.26 Å². The molecule has 1 N–H and O–H groups in total. The molecule has 0 spiro atoms. The van der Waals surface area contributed by atoms with Crippen molar-refractivity contribution in [1.29, 1.82) is 5.26 Å². The van der Waals surface area contributed by atoms with Crippen LogP contribution in [0.2, 0.25) is 0 Å². The molecular formula is C20H27N5O3S. The van der Waals surface area contributed by atoms with E-state index >= 15 is 0 Å². The number of nitriles is 1.